The lowest BCUT2D eigenvalue weighted by Gasteiger charge is -2.11. The highest BCUT2D eigenvalue weighted by atomic mass is 15.5. The third kappa shape index (κ3) is 2.66. The molecule has 2 aromatic carbocycles. The summed E-state index contributed by atoms with van der Waals surface area (Å²) in [5.74, 6) is 0. The number of nitrogens with one attached hydrogen (secondary N) is 1. The van der Waals surface area contributed by atoms with Gasteiger partial charge in [0.2, 0.25) is 0 Å². The predicted molar refractivity (Wildman–Crippen MR) is 77.7 cm³/mol. The summed E-state index contributed by atoms with van der Waals surface area (Å²) in [6.45, 7) is 2.86. The molecule has 0 aliphatic rings. The lowest BCUT2D eigenvalue weighted by atomic mass is 10.1. The molecule has 0 spiro atoms. The third-order valence-electron chi connectivity index (χ3n) is 3.07. The smallest absolute Gasteiger partial charge is 0.143 e. The molecule has 0 atom stereocenters. The van der Waals surface area contributed by atoms with Crippen LogP contribution in [0.5, 0.6) is 0 Å². The quantitative estimate of drug-likeness (QED) is 0.787. The number of hydrogen-bond acceptors (Lipinski definition) is 4. The maximum Gasteiger partial charge on any atom is 0.143 e. The van der Waals surface area contributed by atoms with Crippen molar-refractivity contribution in [2.45, 2.75) is 13.5 Å². The number of nitrogens with zero attached hydrogens (tertiary/aromatic N) is 4. The Balaban J connectivity index is 1.81. The lowest BCUT2D eigenvalue weighted by Crippen LogP contribution is -2.05. The molecule has 0 fully saturated rings. The summed E-state index contributed by atoms with van der Waals surface area (Å²) < 4.78 is 1.65. The van der Waals surface area contributed by atoms with Crippen LogP contribution in [0.3, 0.4) is 0 Å². The Bertz CT molecular complexity index is 691. The van der Waals surface area contributed by atoms with E-state index in [1.807, 2.05) is 24.3 Å². The molecule has 3 rings (SSSR count). The van der Waals surface area contributed by atoms with Crippen LogP contribution < -0.4 is 5.32 Å². The molecule has 0 saturated heterocycles. The monoisotopic (exact) mass is 265 g/mol. The summed E-state index contributed by atoms with van der Waals surface area (Å²) >= 11 is 0. The number of benzene rings is 2. The summed E-state index contributed by atoms with van der Waals surface area (Å²) in [4.78, 5) is 0. The van der Waals surface area contributed by atoms with E-state index in [1.165, 1.54) is 11.1 Å². The molecule has 0 aliphatic carbocycles. The standard InChI is InChI=1S/C15H15N5/c1-12-5-4-6-13(9-12)10-16-14-7-2-3-8-15(14)20-11-17-18-19-20/h2-9,11,16H,10H2,1H3. The Morgan fingerprint density at radius 2 is 2.00 bits per heavy atom. The van der Waals surface area contributed by atoms with E-state index in [0.717, 1.165) is 17.9 Å². The number of rotatable bonds is 4. The number of anilines is 1. The maximum atomic E-state index is 3.93. The van der Waals surface area contributed by atoms with Crippen LogP contribution >= 0.6 is 0 Å². The van der Waals surface area contributed by atoms with E-state index in [9.17, 15) is 0 Å². The first kappa shape index (κ1) is 12.3. The second-order valence-electron chi connectivity index (χ2n) is 4.61. The van der Waals surface area contributed by atoms with E-state index in [0.29, 0.717) is 0 Å². The second-order valence-corrected chi connectivity index (χ2v) is 4.61. The maximum absolute atomic E-state index is 3.93. The number of aromatic nitrogens is 4. The second kappa shape index (κ2) is 5.52. The highest BCUT2D eigenvalue weighted by molar-refractivity contribution is 5.60. The summed E-state index contributed by atoms with van der Waals surface area (Å²) in [5.41, 5.74) is 4.45. The van der Waals surface area contributed by atoms with Crippen molar-refractivity contribution in [2.24, 2.45) is 0 Å². The van der Waals surface area contributed by atoms with Crippen LogP contribution in [0.25, 0.3) is 5.69 Å². The molecular weight excluding hydrogens is 250 g/mol. The molecule has 0 aliphatic heterocycles. The molecule has 1 aromatic heterocycles. The third-order valence-corrected chi connectivity index (χ3v) is 3.07. The van der Waals surface area contributed by atoms with Crippen LogP contribution in [0.4, 0.5) is 5.69 Å². The van der Waals surface area contributed by atoms with Gasteiger partial charge in [-0.1, -0.05) is 42.0 Å². The van der Waals surface area contributed by atoms with Gasteiger partial charge in [-0.2, -0.15) is 4.68 Å². The van der Waals surface area contributed by atoms with Crippen molar-refractivity contribution < 1.29 is 0 Å². The van der Waals surface area contributed by atoms with Gasteiger partial charge in [0.05, 0.1) is 11.4 Å². The summed E-state index contributed by atoms with van der Waals surface area (Å²) in [7, 11) is 0. The molecule has 5 heteroatoms. The molecule has 5 nitrogen and oxygen atoms in total. The van der Waals surface area contributed by atoms with Gasteiger partial charge in [-0.15, -0.1) is 5.10 Å². The minimum absolute atomic E-state index is 0.765. The molecule has 1 heterocycles. The van der Waals surface area contributed by atoms with Gasteiger partial charge in [0, 0.05) is 6.54 Å². The van der Waals surface area contributed by atoms with Crippen molar-refractivity contribution in [2.75, 3.05) is 5.32 Å². The van der Waals surface area contributed by atoms with Crippen LogP contribution in [0.1, 0.15) is 11.1 Å². The number of para-hydroxylation sites is 2. The Morgan fingerprint density at radius 1 is 1.10 bits per heavy atom. The minimum Gasteiger partial charge on any atom is -0.379 e. The summed E-state index contributed by atoms with van der Waals surface area (Å²) in [6.07, 6.45) is 1.59. The first-order chi connectivity index (χ1) is 9.83. The van der Waals surface area contributed by atoms with Crippen molar-refractivity contribution >= 4 is 5.69 Å². The zero-order valence-electron chi connectivity index (χ0n) is 11.2. The number of hydrogen-bond donors (Lipinski definition) is 1. The van der Waals surface area contributed by atoms with Gasteiger partial charge < -0.3 is 5.32 Å². The minimum atomic E-state index is 0.765. The Morgan fingerprint density at radius 3 is 2.80 bits per heavy atom. The molecule has 0 unspecified atom stereocenters. The van der Waals surface area contributed by atoms with Gasteiger partial charge >= 0.3 is 0 Å². The summed E-state index contributed by atoms with van der Waals surface area (Å²) in [5, 5.41) is 14.7. The summed E-state index contributed by atoms with van der Waals surface area (Å²) in [6, 6.07) is 16.4. The van der Waals surface area contributed by atoms with E-state index >= 15 is 0 Å². The zero-order chi connectivity index (χ0) is 13.8. The predicted octanol–water partition coefficient (Wildman–Crippen LogP) is 2.58. The molecule has 100 valence electrons. The molecule has 1 N–H and O–H groups in total. The van der Waals surface area contributed by atoms with Crippen molar-refractivity contribution in [1.29, 1.82) is 0 Å². The van der Waals surface area contributed by atoms with Crippen LogP contribution in [0.2, 0.25) is 0 Å². The molecule has 3 aromatic rings. The number of tetrazole rings is 1. The van der Waals surface area contributed by atoms with Crippen molar-refractivity contribution in [1.82, 2.24) is 20.2 Å². The Labute approximate surface area is 117 Å². The topological polar surface area (TPSA) is 55.6 Å². The van der Waals surface area contributed by atoms with Crippen LogP contribution in [-0.4, -0.2) is 20.2 Å². The van der Waals surface area contributed by atoms with E-state index in [1.54, 1.807) is 11.0 Å². The van der Waals surface area contributed by atoms with Crippen molar-refractivity contribution in [3.8, 4) is 5.69 Å². The van der Waals surface area contributed by atoms with Gasteiger partial charge in [0.1, 0.15) is 6.33 Å². The average Bonchev–Trinajstić information content (AvgIpc) is 3.00. The SMILES string of the molecule is Cc1cccc(CNc2ccccc2-n2cnnn2)c1. The van der Waals surface area contributed by atoms with E-state index in [-0.39, 0.29) is 0 Å². The number of aryl methyl sites for hydroxylation is 1. The molecule has 0 radical (unpaired) electrons. The van der Waals surface area contributed by atoms with Crippen molar-refractivity contribution in [3.63, 3.8) is 0 Å². The molecular formula is C15H15N5. The van der Waals surface area contributed by atoms with Gasteiger partial charge in [0.15, 0.2) is 0 Å². The molecule has 20 heavy (non-hydrogen) atoms. The average molecular weight is 265 g/mol. The van der Waals surface area contributed by atoms with Gasteiger partial charge in [-0.05, 0) is 35.0 Å². The molecule has 0 saturated carbocycles. The normalized spacial score (nSPS) is 10.4. The first-order valence-corrected chi connectivity index (χ1v) is 6.45. The lowest BCUT2D eigenvalue weighted by molar-refractivity contribution is 0.789. The zero-order valence-corrected chi connectivity index (χ0v) is 11.2. The highest BCUT2D eigenvalue weighted by Gasteiger charge is 2.04. The van der Waals surface area contributed by atoms with Crippen LogP contribution in [0, 0.1) is 6.92 Å². The first-order valence-electron chi connectivity index (χ1n) is 6.45. The van der Waals surface area contributed by atoms with E-state index in [2.05, 4.69) is 52.0 Å². The fraction of sp³-hybridized carbons (Fsp3) is 0.133. The highest BCUT2D eigenvalue weighted by Crippen LogP contribution is 2.19. The van der Waals surface area contributed by atoms with Gasteiger partial charge in [-0.25, -0.2) is 0 Å². The van der Waals surface area contributed by atoms with E-state index < -0.39 is 0 Å². The Kier molecular flexibility index (Phi) is 3.41. The molecule has 0 bridgehead atoms. The Hall–Kier alpha value is -2.69. The van der Waals surface area contributed by atoms with Gasteiger partial charge in [-0.3, -0.25) is 0 Å². The fourth-order valence-corrected chi connectivity index (χ4v) is 2.11. The van der Waals surface area contributed by atoms with E-state index in [4.69, 9.17) is 0 Å². The van der Waals surface area contributed by atoms with Crippen LogP contribution in [-0.2, 0) is 6.54 Å². The van der Waals surface area contributed by atoms with Crippen molar-refractivity contribution in [3.05, 3.63) is 66.0 Å². The van der Waals surface area contributed by atoms with Gasteiger partial charge in [0.25, 0.3) is 0 Å². The molecule has 0 amide bonds. The largest absolute Gasteiger partial charge is 0.379 e. The fourth-order valence-electron chi connectivity index (χ4n) is 2.11. The van der Waals surface area contributed by atoms with Crippen LogP contribution in [0.15, 0.2) is 54.9 Å².